The molecule has 1 fully saturated rings. The van der Waals surface area contributed by atoms with Gasteiger partial charge in [-0.05, 0) is 41.4 Å². The minimum absolute atomic E-state index is 0.0814. The summed E-state index contributed by atoms with van der Waals surface area (Å²) in [5, 5.41) is 9.05. The Balaban J connectivity index is 1.36. The molecule has 0 radical (unpaired) electrons. The van der Waals surface area contributed by atoms with Crippen LogP contribution >= 0.6 is 23.6 Å². The number of carbonyl (C=O) groups excluding carboxylic acids is 1. The van der Waals surface area contributed by atoms with Crippen molar-refractivity contribution in [2.75, 3.05) is 13.1 Å². The number of thiophene rings is 1. The van der Waals surface area contributed by atoms with Crippen LogP contribution in [-0.4, -0.2) is 38.7 Å². The Bertz CT molecular complexity index is 973. The van der Waals surface area contributed by atoms with E-state index in [0.717, 1.165) is 16.3 Å². The molecule has 0 bridgehead atoms. The average Bonchev–Trinajstić information content (AvgIpc) is 3.21. The number of hydrogen-bond acceptors (Lipinski definition) is 4. The second-order valence-corrected chi connectivity index (χ2v) is 7.62. The van der Waals surface area contributed by atoms with E-state index >= 15 is 0 Å². The van der Waals surface area contributed by atoms with E-state index in [1.165, 1.54) is 6.07 Å². The molecule has 1 aliphatic rings. The first kappa shape index (κ1) is 17.1. The lowest BCUT2D eigenvalue weighted by molar-refractivity contribution is -0.135. The van der Waals surface area contributed by atoms with Crippen LogP contribution in [0.4, 0.5) is 4.39 Å². The molecule has 1 amide bonds. The quantitative estimate of drug-likeness (QED) is 0.676. The number of amides is 1. The number of carbonyl (C=O) groups is 1. The van der Waals surface area contributed by atoms with Crippen molar-refractivity contribution in [3.63, 3.8) is 0 Å². The monoisotopic (exact) mass is 388 g/mol. The molecule has 26 heavy (non-hydrogen) atoms. The van der Waals surface area contributed by atoms with Crippen molar-refractivity contribution in [3.8, 4) is 10.7 Å². The van der Waals surface area contributed by atoms with Crippen molar-refractivity contribution in [3.05, 3.63) is 57.9 Å². The maximum absolute atomic E-state index is 13.3. The van der Waals surface area contributed by atoms with Crippen molar-refractivity contribution in [1.82, 2.24) is 19.7 Å². The molecule has 0 saturated carbocycles. The summed E-state index contributed by atoms with van der Waals surface area (Å²) < 4.78 is 15.7. The lowest BCUT2D eigenvalue weighted by Gasteiger charge is -2.39. The van der Waals surface area contributed by atoms with E-state index in [2.05, 4.69) is 10.2 Å². The predicted octanol–water partition coefficient (Wildman–Crippen LogP) is 3.82. The van der Waals surface area contributed by atoms with Gasteiger partial charge < -0.3 is 4.90 Å². The Kier molecular flexibility index (Phi) is 4.69. The van der Waals surface area contributed by atoms with Crippen molar-refractivity contribution in [2.45, 2.75) is 18.9 Å². The van der Waals surface area contributed by atoms with Gasteiger partial charge in [0.25, 0.3) is 0 Å². The molecule has 0 atom stereocenters. The Labute approximate surface area is 159 Å². The number of hydrogen-bond donors (Lipinski definition) is 1. The predicted molar refractivity (Wildman–Crippen MR) is 101 cm³/mol. The van der Waals surface area contributed by atoms with Crippen molar-refractivity contribution < 1.29 is 9.18 Å². The second-order valence-electron chi connectivity index (χ2n) is 6.28. The van der Waals surface area contributed by atoms with E-state index in [-0.39, 0.29) is 17.6 Å². The van der Waals surface area contributed by atoms with Crippen LogP contribution in [0.15, 0.2) is 41.8 Å². The van der Waals surface area contributed by atoms with Crippen molar-refractivity contribution in [1.29, 1.82) is 0 Å². The van der Waals surface area contributed by atoms with Crippen LogP contribution in [0.1, 0.15) is 17.9 Å². The molecule has 3 heterocycles. The second kappa shape index (κ2) is 7.13. The van der Waals surface area contributed by atoms with Gasteiger partial charge in [-0.1, -0.05) is 18.2 Å². The first-order valence-electron chi connectivity index (χ1n) is 8.34. The lowest BCUT2D eigenvalue weighted by Crippen LogP contribution is -2.48. The highest BCUT2D eigenvalue weighted by atomic mass is 32.1. The topological polar surface area (TPSA) is 53.9 Å². The molecule has 1 saturated heterocycles. The van der Waals surface area contributed by atoms with Crippen LogP contribution in [0, 0.1) is 10.6 Å². The van der Waals surface area contributed by atoms with Crippen LogP contribution in [0.25, 0.3) is 10.7 Å². The van der Waals surface area contributed by atoms with Crippen molar-refractivity contribution >= 4 is 29.5 Å². The van der Waals surface area contributed by atoms with E-state index in [0.29, 0.717) is 30.8 Å². The molecule has 0 unspecified atom stereocenters. The number of aromatic amines is 1. The van der Waals surface area contributed by atoms with Gasteiger partial charge in [-0.25, -0.2) is 4.39 Å². The fourth-order valence-corrected chi connectivity index (χ4v) is 4.08. The number of aromatic nitrogens is 3. The van der Waals surface area contributed by atoms with Gasteiger partial charge in [-0.3, -0.25) is 14.5 Å². The summed E-state index contributed by atoms with van der Waals surface area (Å²) >= 11 is 6.87. The standard InChI is InChI=1S/C18H17FN4OS2/c19-14-4-1-3-12(9-14)13-10-22(11-13)16(24)6-7-23-17(20-21-18(23)25)15-5-2-8-26-15/h1-5,8-9,13H,6-7,10-11H2,(H,21,25). The smallest absolute Gasteiger partial charge is 0.224 e. The molecule has 3 aromatic rings. The molecule has 8 heteroatoms. The molecular weight excluding hydrogens is 371 g/mol. The Hall–Kier alpha value is -2.32. The van der Waals surface area contributed by atoms with E-state index in [1.54, 1.807) is 23.5 Å². The first-order valence-corrected chi connectivity index (χ1v) is 9.63. The fourth-order valence-electron chi connectivity index (χ4n) is 3.14. The molecule has 1 N–H and O–H groups in total. The highest BCUT2D eigenvalue weighted by Crippen LogP contribution is 2.28. The summed E-state index contributed by atoms with van der Waals surface area (Å²) in [4.78, 5) is 15.3. The van der Waals surface area contributed by atoms with Gasteiger partial charge in [0.05, 0.1) is 4.88 Å². The number of halogens is 1. The fraction of sp³-hybridized carbons (Fsp3) is 0.278. The Morgan fingerprint density at radius 2 is 2.19 bits per heavy atom. The highest BCUT2D eigenvalue weighted by Gasteiger charge is 2.31. The molecule has 4 rings (SSSR count). The number of rotatable bonds is 5. The van der Waals surface area contributed by atoms with Gasteiger partial charge in [0.15, 0.2) is 10.6 Å². The highest BCUT2D eigenvalue weighted by molar-refractivity contribution is 7.71. The largest absolute Gasteiger partial charge is 0.341 e. The number of nitrogens with zero attached hydrogens (tertiary/aromatic N) is 3. The summed E-state index contributed by atoms with van der Waals surface area (Å²) in [6, 6.07) is 10.5. The maximum atomic E-state index is 13.3. The van der Waals surface area contributed by atoms with E-state index in [9.17, 15) is 9.18 Å². The van der Waals surface area contributed by atoms with E-state index in [1.807, 2.05) is 33.0 Å². The maximum Gasteiger partial charge on any atom is 0.224 e. The summed E-state index contributed by atoms with van der Waals surface area (Å²) in [5.74, 6) is 0.826. The van der Waals surface area contributed by atoms with Crippen LogP contribution in [0.3, 0.4) is 0 Å². The zero-order valence-electron chi connectivity index (χ0n) is 13.9. The molecule has 134 valence electrons. The molecule has 1 aliphatic heterocycles. The van der Waals surface area contributed by atoms with E-state index < -0.39 is 0 Å². The summed E-state index contributed by atoms with van der Waals surface area (Å²) in [5.41, 5.74) is 0.950. The third-order valence-electron chi connectivity index (χ3n) is 4.60. The van der Waals surface area contributed by atoms with Crippen LogP contribution < -0.4 is 0 Å². The minimum Gasteiger partial charge on any atom is -0.341 e. The molecule has 0 aliphatic carbocycles. The average molecular weight is 388 g/mol. The minimum atomic E-state index is -0.234. The molecular formula is C18H17FN4OS2. The number of likely N-dealkylation sites (tertiary alicyclic amines) is 1. The third-order valence-corrected chi connectivity index (χ3v) is 5.78. The van der Waals surface area contributed by atoms with Crippen LogP contribution in [0.5, 0.6) is 0 Å². The van der Waals surface area contributed by atoms with Gasteiger partial charge >= 0.3 is 0 Å². The van der Waals surface area contributed by atoms with Crippen LogP contribution in [-0.2, 0) is 11.3 Å². The zero-order chi connectivity index (χ0) is 18.1. The third kappa shape index (κ3) is 3.34. The SMILES string of the molecule is O=C(CCn1c(-c2cccs2)n[nH]c1=S)N1CC(c2cccc(F)c2)C1. The Morgan fingerprint density at radius 1 is 1.35 bits per heavy atom. The van der Waals surface area contributed by atoms with Gasteiger partial charge in [-0.15, -0.1) is 11.3 Å². The Morgan fingerprint density at radius 3 is 2.92 bits per heavy atom. The lowest BCUT2D eigenvalue weighted by atomic mass is 9.91. The van der Waals surface area contributed by atoms with Gasteiger partial charge in [0.2, 0.25) is 5.91 Å². The normalized spacial score (nSPS) is 14.4. The summed E-state index contributed by atoms with van der Waals surface area (Å²) in [6.07, 6.45) is 0.363. The molecule has 0 spiro atoms. The molecule has 5 nitrogen and oxygen atoms in total. The number of benzene rings is 1. The number of H-pyrrole nitrogens is 1. The number of nitrogens with one attached hydrogen (secondary N) is 1. The summed E-state index contributed by atoms with van der Waals surface area (Å²) in [6.45, 7) is 1.76. The molecule has 1 aromatic carbocycles. The first-order chi connectivity index (χ1) is 12.6. The molecule has 2 aromatic heterocycles. The van der Waals surface area contributed by atoms with E-state index in [4.69, 9.17) is 12.2 Å². The van der Waals surface area contributed by atoms with Gasteiger partial charge in [-0.2, -0.15) is 5.10 Å². The summed E-state index contributed by atoms with van der Waals surface area (Å²) in [7, 11) is 0. The van der Waals surface area contributed by atoms with Gasteiger partial charge in [0.1, 0.15) is 5.82 Å². The van der Waals surface area contributed by atoms with Crippen molar-refractivity contribution in [2.24, 2.45) is 0 Å². The van der Waals surface area contributed by atoms with Crippen LogP contribution in [0.2, 0.25) is 0 Å². The van der Waals surface area contributed by atoms with Gasteiger partial charge in [0, 0.05) is 32.0 Å². The zero-order valence-corrected chi connectivity index (χ0v) is 15.5.